The van der Waals surface area contributed by atoms with E-state index in [0.717, 1.165) is 11.8 Å². The van der Waals surface area contributed by atoms with Crippen LogP contribution in [0.1, 0.15) is 21.7 Å². The predicted molar refractivity (Wildman–Crippen MR) is 96.3 cm³/mol. The van der Waals surface area contributed by atoms with Crippen molar-refractivity contribution in [3.8, 4) is 17.3 Å². The zero-order chi connectivity index (χ0) is 19.5. The monoisotopic (exact) mass is 373 g/mol. The van der Waals surface area contributed by atoms with Gasteiger partial charge in [0.05, 0.1) is 12.2 Å². The number of carbonyl (C=O) groups excluding carboxylic acids is 1. The molecular formula is C19H12FN7O. The van der Waals surface area contributed by atoms with Gasteiger partial charge in [-0.1, -0.05) is 6.07 Å². The molecule has 1 aromatic carbocycles. The van der Waals surface area contributed by atoms with E-state index in [2.05, 4.69) is 25.4 Å². The highest BCUT2D eigenvalue weighted by Gasteiger charge is 2.14. The van der Waals surface area contributed by atoms with E-state index in [0.29, 0.717) is 11.2 Å². The molecule has 0 spiro atoms. The third-order valence-electron chi connectivity index (χ3n) is 4.05. The highest BCUT2D eigenvalue weighted by molar-refractivity contribution is 5.95. The second-order valence-corrected chi connectivity index (χ2v) is 5.82. The summed E-state index contributed by atoms with van der Waals surface area (Å²) in [5.74, 6) is -1.09. The maximum atomic E-state index is 14.1. The molecule has 0 radical (unpaired) electrons. The number of hydrogen-bond acceptors (Lipinski definition) is 6. The number of benzene rings is 1. The second-order valence-electron chi connectivity index (χ2n) is 5.82. The molecule has 3 aromatic heterocycles. The summed E-state index contributed by atoms with van der Waals surface area (Å²) < 4.78 is 15.7. The van der Waals surface area contributed by atoms with Crippen LogP contribution in [0.2, 0.25) is 0 Å². The number of nitriles is 1. The number of nitrogens with one attached hydrogen (secondary N) is 1. The molecule has 28 heavy (non-hydrogen) atoms. The lowest BCUT2D eigenvalue weighted by Crippen LogP contribution is -2.24. The summed E-state index contributed by atoms with van der Waals surface area (Å²) in [4.78, 5) is 24.6. The van der Waals surface area contributed by atoms with Crippen molar-refractivity contribution in [3.63, 3.8) is 0 Å². The van der Waals surface area contributed by atoms with Crippen LogP contribution in [0.4, 0.5) is 4.39 Å². The average Bonchev–Trinajstić information content (AvgIpc) is 3.21. The first-order valence-corrected chi connectivity index (χ1v) is 8.23. The molecule has 3 heterocycles. The number of fused-ring (bicyclic) bond motifs is 1. The summed E-state index contributed by atoms with van der Waals surface area (Å²) in [5.41, 5.74) is 2.05. The van der Waals surface area contributed by atoms with Gasteiger partial charge >= 0.3 is 0 Å². The van der Waals surface area contributed by atoms with Crippen LogP contribution >= 0.6 is 0 Å². The number of pyridine rings is 1. The summed E-state index contributed by atoms with van der Waals surface area (Å²) in [6.45, 7) is 0.181. The lowest BCUT2D eigenvalue weighted by Gasteiger charge is -2.09. The molecule has 0 unspecified atom stereocenters. The molecule has 0 aliphatic carbocycles. The quantitative estimate of drug-likeness (QED) is 0.587. The minimum Gasteiger partial charge on any atom is -0.346 e. The summed E-state index contributed by atoms with van der Waals surface area (Å²) in [5, 5.41) is 16.0. The fourth-order valence-electron chi connectivity index (χ4n) is 2.80. The van der Waals surface area contributed by atoms with Crippen molar-refractivity contribution in [2.24, 2.45) is 0 Å². The topological polar surface area (TPSA) is 109 Å². The number of rotatable bonds is 4. The van der Waals surface area contributed by atoms with Gasteiger partial charge in [-0.15, -0.1) is 0 Å². The number of halogens is 1. The summed E-state index contributed by atoms with van der Waals surface area (Å²) in [7, 11) is 0. The van der Waals surface area contributed by atoms with E-state index in [9.17, 15) is 9.18 Å². The maximum absolute atomic E-state index is 14.1. The fraction of sp³-hybridized carbons (Fsp3) is 0.0526. The van der Waals surface area contributed by atoms with Gasteiger partial charge in [0.25, 0.3) is 5.91 Å². The SMILES string of the molecule is N#Cc1nccnc1-c1cc(F)cc(C(=O)NCc2cccc3ncnn23)c1. The van der Waals surface area contributed by atoms with Crippen molar-refractivity contribution in [2.75, 3.05) is 0 Å². The van der Waals surface area contributed by atoms with Crippen LogP contribution in [0, 0.1) is 17.1 Å². The zero-order valence-electron chi connectivity index (χ0n) is 14.4. The van der Waals surface area contributed by atoms with Crippen molar-refractivity contribution < 1.29 is 9.18 Å². The smallest absolute Gasteiger partial charge is 0.251 e. The summed E-state index contributed by atoms with van der Waals surface area (Å²) >= 11 is 0. The lowest BCUT2D eigenvalue weighted by molar-refractivity contribution is 0.0949. The van der Waals surface area contributed by atoms with Crippen molar-refractivity contribution in [2.45, 2.75) is 6.54 Å². The average molecular weight is 373 g/mol. The highest BCUT2D eigenvalue weighted by atomic mass is 19.1. The third kappa shape index (κ3) is 3.26. The van der Waals surface area contributed by atoms with Gasteiger partial charge in [-0.2, -0.15) is 10.4 Å². The Bertz CT molecular complexity index is 1230. The number of carbonyl (C=O) groups is 1. The van der Waals surface area contributed by atoms with Gasteiger partial charge in [-0.05, 0) is 30.3 Å². The minimum atomic E-state index is -0.615. The Balaban J connectivity index is 1.61. The Morgan fingerprint density at radius 3 is 2.89 bits per heavy atom. The van der Waals surface area contributed by atoms with Gasteiger partial charge in [0.1, 0.15) is 23.9 Å². The maximum Gasteiger partial charge on any atom is 0.251 e. The largest absolute Gasteiger partial charge is 0.346 e. The number of aromatic nitrogens is 5. The molecule has 1 amide bonds. The molecule has 4 aromatic rings. The molecule has 0 saturated heterocycles. The molecule has 8 nitrogen and oxygen atoms in total. The Morgan fingerprint density at radius 1 is 1.18 bits per heavy atom. The van der Waals surface area contributed by atoms with Gasteiger partial charge in [0, 0.05) is 23.5 Å². The Labute approximate surface area is 158 Å². The van der Waals surface area contributed by atoms with Gasteiger partial charge in [0.15, 0.2) is 11.3 Å². The number of nitrogens with zero attached hydrogens (tertiary/aromatic N) is 6. The van der Waals surface area contributed by atoms with Crippen molar-refractivity contribution in [3.05, 3.63) is 77.9 Å². The molecule has 0 bridgehead atoms. The van der Waals surface area contributed by atoms with Crippen LogP contribution in [-0.4, -0.2) is 30.5 Å². The van der Waals surface area contributed by atoms with Gasteiger partial charge in [-0.3, -0.25) is 9.78 Å². The van der Waals surface area contributed by atoms with E-state index in [-0.39, 0.29) is 23.5 Å². The Morgan fingerprint density at radius 2 is 2.04 bits per heavy atom. The normalized spacial score (nSPS) is 10.6. The zero-order valence-corrected chi connectivity index (χ0v) is 14.4. The van der Waals surface area contributed by atoms with E-state index in [1.807, 2.05) is 12.1 Å². The van der Waals surface area contributed by atoms with Crippen molar-refractivity contribution >= 4 is 11.6 Å². The minimum absolute atomic E-state index is 0.0531. The number of amides is 1. The van der Waals surface area contributed by atoms with Crippen LogP contribution in [0.15, 0.2) is 55.1 Å². The highest BCUT2D eigenvalue weighted by Crippen LogP contribution is 2.22. The predicted octanol–water partition coefficient (Wildman–Crippen LogP) is 2.13. The number of hydrogen-bond donors (Lipinski definition) is 1. The fourth-order valence-corrected chi connectivity index (χ4v) is 2.80. The van der Waals surface area contributed by atoms with Gasteiger partial charge in [0.2, 0.25) is 0 Å². The molecule has 136 valence electrons. The van der Waals surface area contributed by atoms with E-state index in [1.54, 1.807) is 16.6 Å². The molecular weight excluding hydrogens is 361 g/mol. The van der Waals surface area contributed by atoms with Crippen LogP contribution in [0.25, 0.3) is 16.9 Å². The van der Waals surface area contributed by atoms with Crippen LogP contribution < -0.4 is 5.32 Å². The first kappa shape index (κ1) is 17.2. The van der Waals surface area contributed by atoms with E-state index < -0.39 is 11.7 Å². The van der Waals surface area contributed by atoms with E-state index >= 15 is 0 Å². The molecule has 0 atom stereocenters. The molecule has 9 heteroatoms. The molecule has 0 aliphatic heterocycles. The van der Waals surface area contributed by atoms with Gasteiger partial charge in [-0.25, -0.2) is 18.9 Å². The van der Waals surface area contributed by atoms with Gasteiger partial charge < -0.3 is 5.32 Å². The van der Waals surface area contributed by atoms with Crippen molar-refractivity contribution in [1.82, 2.24) is 29.9 Å². The van der Waals surface area contributed by atoms with E-state index in [1.165, 1.54) is 30.9 Å². The Kier molecular flexibility index (Phi) is 4.43. The van der Waals surface area contributed by atoms with Crippen molar-refractivity contribution in [1.29, 1.82) is 5.26 Å². The Hall–Kier alpha value is -4.19. The lowest BCUT2D eigenvalue weighted by atomic mass is 10.1. The third-order valence-corrected chi connectivity index (χ3v) is 4.05. The molecule has 1 N–H and O–H groups in total. The standard InChI is InChI=1S/C19H12FN7O/c20-14-7-12(18-16(9-21)22-4-5-23-18)6-13(8-14)19(28)24-10-15-2-1-3-17-25-11-26-27(15)17/h1-8,11H,10H2,(H,24,28). The molecule has 0 fully saturated rings. The van der Waals surface area contributed by atoms with Crippen LogP contribution in [0.5, 0.6) is 0 Å². The van der Waals surface area contributed by atoms with E-state index in [4.69, 9.17) is 5.26 Å². The second kappa shape index (κ2) is 7.20. The first-order chi connectivity index (χ1) is 13.7. The summed E-state index contributed by atoms with van der Waals surface area (Å²) in [6, 6.07) is 11.1. The first-order valence-electron chi connectivity index (χ1n) is 8.23. The van der Waals surface area contributed by atoms with Crippen LogP contribution in [0.3, 0.4) is 0 Å². The van der Waals surface area contributed by atoms with Crippen LogP contribution in [-0.2, 0) is 6.54 Å². The molecule has 0 saturated carbocycles. The molecule has 4 rings (SSSR count). The summed E-state index contributed by atoms with van der Waals surface area (Å²) in [6.07, 6.45) is 4.20. The molecule has 0 aliphatic rings.